The predicted octanol–water partition coefficient (Wildman–Crippen LogP) is 2.84. The number of amides is 3. The Bertz CT molecular complexity index is 980. The summed E-state index contributed by atoms with van der Waals surface area (Å²) in [6.45, 7) is 2.64. The SMILES string of the molecule is O=C(c1cccs1)N1CCC2(CC1)OCC(C(=O)N1CCCC1)N2C(=O)c1ccccc1. The van der Waals surface area contributed by atoms with Crippen LogP contribution in [0.25, 0.3) is 0 Å². The average molecular weight is 454 g/mol. The van der Waals surface area contributed by atoms with Crippen LogP contribution >= 0.6 is 11.3 Å². The van der Waals surface area contributed by atoms with Gasteiger partial charge in [0.1, 0.15) is 11.8 Å². The summed E-state index contributed by atoms with van der Waals surface area (Å²) in [5.41, 5.74) is -0.312. The minimum absolute atomic E-state index is 0.0125. The molecule has 0 radical (unpaired) electrons. The van der Waals surface area contributed by atoms with Crippen molar-refractivity contribution < 1.29 is 19.1 Å². The van der Waals surface area contributed by atoms with E-state index in [4.69, 9.17) is 4.74 Å². The van der Waals surface area contributed by atoms with Crippen LogP contribution in [0.1, 0.15) is 45.7 Å². The average Bonchev–Trinajstić information content (AvgIpc) is 3.61. The predicted molar refractivity (Wildman–Crippen MR) is 120 cm³/mol. The van der Waals surface area contributed by atoms with E-state index in [9.17, 15) is 14.4 Å². The first-order valence-corrected chi connectivity index (χ1v) is 12.1. The Balaban J connectivity index is 1.40. The van der Waals surface area contributed by atoms with Crippen molar-refractivity contribution in [3.63, 3.8) is 0 Å². The lowest BCUT2D eigenvalue weighted by Gasteiger charge is -2.44. The molecule has 4 heterocycles. The molecule has 168 valence electrons. The molecule has 2 aromatic rings. The van der Waals surface area contributed by atoms with Crippen LogP contribution in [0.4, 0.5) is 0 Å². The molecule has 1 atom stereocenters. The molecule has 3 fully saturated rings. The van der Waals surface area contributed by atoms with Crippen LogP contribution < -0.4 is 0 Å². The highest BCUT2D eigenvalue weighted by Gasteiger charge is 2.55. The van der Waals surface area contributed by atoms with Crippen molar-refractivity contribution in [1.82, 2.24) is 14.7 Å². The van der Waals surface area contributed by atoms with E-state index >= 15 is 0 Å². The Morgan fingerprint density at radius 3 is 2.25 bits per heavy atom. The molecular weight excluding hydrogens is 426 g/mol. The quantitative estimate of drug-likeness (QED) is 0.717. The number of nitrogens with zero attached hydrogens (tertiary/aromatic N) is 3. The van der Waals surface area contributed by atoms with Gasteiger partial charge in [-0.2, -0.15) is 0 Å². The first-order chi connectivity index (χ1) is 15.6. The van der Waals surface area contributed by atoms with E-state index in [0.717, 1.165) is 25.9 Å². The fourth-order valence-electron chi connectivity index (χ4n) is 5.04. The van der Waals surface area contributed by atoms with E-state index < -0.39 is 11.8 Å². The Morgan fingerprint density at radius 1 is 0.875 bits per heavy atom. The number of likely N-dealkylation sites (tertiary alicyclic amines) is 2. The number of benzene rings is 1. The lowest BCUT2D eigenvalue weighted by Crippen LogP contribution is -2.60. The number of ether oxygens (including phenoxy) is 1. The summed E-state index contributed by atoms with van der Waals surface area (Å²) >= 11 is 1.43. The number of hydrogen-bond donors (Lipinski definition) is 0. The molecule has 32 heavy (non-hydrogen) atoms. The lowest BCUT2D eigenvalue weighted by molar-refractivity contribution is -0.136. The third kappa shape index (κ3) is 3.71. The van der Waals surface area contributed by atoms with E-state index in [1.807, 2.05) is 45.5 Å². The van der Waals surface area contributed by atoms with Gasteiger partial charge in [0.15, 0.2) is 0 Å². The van der Waals surface area contributed by atoms with E-state index in [2.05, 4.69) is 0 Å². The van der Waals surface area contributed by atoms with Gasteiger partial charge < -0.3 is 14.5 Å². The maximum absolute atomic E-state index is 13.6. The van der Waals surface area contributed by atoms with Crippen LogP contribution in [0.5, 0.6) is 0 Å². The zero-order chi connectivity index (χ0) is 22.1. The molecule has 0 N–H and O–H groups in total. The number of rotatable bonds is 3. The van der Waals surface area contributed by atoms with E-state index in [1.54, 1.807) is 17.0 Å². The molecule has 1 aromatic heterocycles. The largest absolute Gasteiger partial charge is 0.353 e. The van der Waals surface area contributed by atoms with Gasteiger partial charge in [-0.1, -0.05) is 24.3 Å². The summed E-state index contributed by atoms with van der Waals surface area (Å²) in [6, 6.07) is 12.2. The maximum Gasteiger partial charge on any atom is 0.263 e. The molecule has 0 aliphatic carbocycles. The molecular formula is C24H27N3O4S. The van der Waals surface area contributed by atoms with Crippen molar-refractivity contribution >= 4 is 29.1 Å². The molecule has 5 rings (SSSR count). The van der Waals surface area contributed by atoms with Gasteiger partial charge in [-0.05, 0) is 36.4 Å². The molecule has 3 aliphatic rings. The number of carbonyl (C=O) groups is 3. The standard InChI is InChI=1S/C24H27N3O4S/c28-21(18-7-2-1-3-8-18)27-19(22(29)25-12-4-5-13-25)17-31-24(27)10-14-26(15-11-24)23(30)20-9-6-16-32-20/h1-3,6-9,16,19H,4-5,10-15,17H2. The lowest BCUT2D eigenvalue weighted by atomic mass is 9.96. The molecule has 3 aliphatic heterocycles. The third-order valence-corrected chi connectivity index (χ3v) is 7.62. The highest BCUT2D eigenvalue weighted by Crippen LogP contribution is 2.39. The Morgan fingerprint density at radius 2 is 1.59 bits per heavy atom. The number of thiophene rings is 1. The van der Waals surface area contributed by atoms with Crippen LogP contribution in [-0.2, 0) is 9.53 Å². The molecule has 1 aromatic carbocycles. The highest BCUT2D eigenvalue weighted by atomic mass is 32.1. The Labute approximate surface area is 191 Å². The van der Waals surface area contributed by atoms with Crippen molar-refractivity contribution in [2.75, 3.05) is 32.8 Å². The summed E-state index contributed by atoms with van der Waals surface area (Å²) < 4.78 is 6.27. The van der Waals surface area contributed by atoms with Gasteiger partial charge >= 0.3 is 0 Å². The van der Waals surface area contributed by atoms with Crippen molar-refractivity contribution in [2.45, 2.75) is 37.5 Å². The summed E-state index contributed by atoms with van der Waals surface area (Å²) in [5.74, 6) is -0.196. The van der Waals surface area contributed by atoms with Crippen LogP contribution in [-0.4, -0.2) is 77.0 Å². The van der Waals surface area contributed by atoms with Gasteiger partial charge in [-0.3, -0.25) is 19.3 Å². The molecule has 7 nitrogen and oxygen atoms in total. The highest BCUT2D eigenvalue weighted by molar-refractivity contribution is 7.12. The minimum atomic E-state index is -0.862. The molecule has 1 spiro atoms. The third-order valence-electron chi connectivity index (χ3n) is 6.77. The molecule has 1 unspecified atom stereocenters. The molecule has 0 bridgehead atoms. The van der Waals surface area contributed by atoms with Crippen LogP contribution in [0.2, 0.25) is 0 Å². The normalized spacial score (nSPS) is 22.5. The summed E-state index contributed by atoms with van der Waals surface area (Å²) in [7, 11) is 0. The zero-order valence-electron chi connectivity index (χ0n) is 17.9. The molecule has 0 saturated carbocycles. The van der Waals surface area contributed by atoms with Crippen LogP contribution in [0, 0.1) is 0 Å². The smallest absolute Gasteiger partial charge is 0.263 e. The first kappa shape index (κ1) is 21.2. The number of piperidine rings is 1. The zero-order valence-corrected chi connectivity index (χ0v) is 18.8. The molecule has 8 heteroatoms. The monoisotopic (exact) mass is 453 g/mol. The summed E-state index contributed by atoms with van der Waals surface area (Å²) in [4.78, 5) is 45.9. The second kappa shape index (κ2) is 8.67. The maximum atomic E-state index is 13.6. The summed E-state index contributed by atoms with van der Waals surface area (Å²) in [5, 5.41) is 1.90. The number of carbonyl (C=O) groups excluding carboxylic acids is 3. The van der Waals surface area contributed by atoms with Gasteiger partial charge in [0.2, 0.25) is 5.91 Å². The van der Waals surface area contributed by atoms with Crippen molar-refractivity contribution in [2.24, 2.45) is 0 Å². The van der Waals surface area contributed by atoms with Crippen molar-refractivity contribution in [3.05, 3.63) is 58.3 Å². The second-order valence-electron chi connectivity index (χ2n) is 8.62. The van der Waals surface area contributed by atoms with Crippen LogP contribution in [0.3, 0.4) is 0 Å². The van der Waals surface area contributed by atoms with Gasteiger partial charge in [0.25, 0.3) is 11.8 Å². The van der Waals surface area contributed by atoms with Crippen LogP contribution in [0.15, 0.2) is 47.8 Å². The van der Waals surface area contributed by atoms with E-state index in [0.29, 0.717) is 36.4 Å². The topological polar surface area (TPSA) is 70.2 Å². The van der Waals surface area contributed by atoms with Gasteiger partial charge in [-0.25, -0.2) is 0 Å². The van der Waals surface area contributed by atoms with Crippen molar-refractivity contribution in [1.29, 1.82) is 0 Å². The Kier molecular flexibility index (Phi) is 5.73. The van der Waals surface area contributed by atoms with E-state index in [-0.39, 0.29) is 24.3 Å². The Hall–Kier alpha value is -2.71. The van der Waals surface area contributed by atoms with Gasteiger partial charge in [-0.15, -0.1) is 11.3 Å². The fraction of sp³-hybridized carbons (Fsp3) is 0.458. The van der Waals surface area contributed by atoms with Gasteiger partial charge in [0, 0.05) is 44.6 Å². The van der Waals surface area contributed by atoms with Crippen molar-refractivity contribution in [3.8, 4) is 0 Å². The minimum Gasteiger partial charge on any atom is -0.353 e. The van der Waals surface area contributed by atoms with E-state index in [1.165, 1.54) is 11.3 Å². The molecule has 3 saturated heterocycles. The van der Waals surface area contributed by atoms with Gasteiger partial charge in [0.05, 0.1) is 11.5 Å². The first-order valence-electron chi connectivity index (χ1n) is 11.2. The summed E-state index contributed by atoms with van der Waals surface area (Å²) in [6.07, 6.45) is 2.98. The number of hydrogen-bond acceptors (Lipinski definition) is 5. The molecule has 3 amide bonds. The fourth-order valence-corrected chi connectivity index (χ4v) is 5.73. The second-order valence-corrected chi connectivity index (χ2v) is 9.56.